The molecule has 0 rings (SSSR count). The lowest BCUT2D eigenvalue weighted by atomic mass is 11.9. The van der Waals surface area contributed by atoms with E-state index in [1.807, 2.05) is 0 Å². The average Bonchev–Trinajstić information content (AvgIpc) is 1.41. The van der Waals surface area contributed by atoms with Crippen LogP contribution in [0.25, 0.3) is 4.51 Å². The van der Waals surface area contributed by atoms with Crippen LogP contribution in [0.3, 0.4) is 0 Å². The molecule has 0 atom stereocenters. The summed E-state index contributed by atoms with van der Waals surface area (Å²) in [5, 5.41) is 0. The standard InChI is InChI=1S/CNOSi2/c1-2-5-3-4. The minimum absolute atomic E-state index is 0.0972. The third-order valence-corrected chi connectivity index (χ3v) is 0.548. The molecule has 0 amide bonds. The maximum atomic E-state index is 6.08. The van der Waals surface area contributed by atoms with Crippen LogP contribution < -0.4 is 0 Å². The van der Waals surface area contributed by atoms with Gasteiger partial charge in [-0.1, -0.05) is 0 Å². The van der Waals surface area contributed by atoms with Crippen LogP contribution in [-0.2, 0) is 4.12 Å². The highest BCUT2D eigenvalue weighted by Gasteiger charge is 1.88. The van der Waals surface area contributed by atoms with E-state index in [-0.39, 0.29) is 9.92 Å². The number of rotatable bonds is 1. The van der Waals surface area contributed by atoms with Gasteiger partial charge in [0.1, 0.15) is 0 Å². The van der Waals surface area contributed by atoms with Gasteiger partial charge in [0.25, 0.3) is 0 Å². The molecule has 5 radical (unpaired) electrons. The van der Waals surface area contributed by atoms with Crippen LogP contribution in [0.15, 0.2) is 0 Å². The van der Waals surface area contributed by atoms with E-state index in [2.05, 4.69) is 19.1 Å². The summed E-state index contributed by atoms with van der Waals surface area (Å²) in [5.41, 5.74) is 0. The molecule has 4 heteroatoms. The SMILES string of the molecule is [C-]#[N+][Si]O[Si]. The van der Waals surface area contributed by atoms with Crippen LogP contribution in [-0.4, -0.2) is 20.4 Å². The molecule has 0 aromatic heterocycles. The minimum Gasteiger partial charge on any atom is -0.389 e. The van der Waals surface area contributed by atoms with Crippen LogP contribution in [0, 0.1) is 6.57 Å². The zero-order chi connectivity index (χ0) is 4.12. The summed E-state index contributed by atoms with van der Waals surface area (Å²) >= 11 is 0. The first-order valence-electron chi connectivity index (χ1n) is 0.855. The van der Waals surface area contributed by atoms with E-state index >= 15 is 0 Å². The highest BCUT2D eigenvalue weighted by molar-refractivity contribution is 6.37. The lowest BCUT2D eigenvalue weighted by molar-refractivity contribution is 0.675. The van der Waals surface area contributed by atoms with Gasteiger partial charge in [-0.3, -0.25) is 6.57 Å². The summed E-state index contributed by atoms with van der Waals surface area (Å²) in [7, 11) is 2.55. The maximum Gasteiger partial charge on any atom is 0.802 e. The van der Waals surface area contributed by atoms with Gasteiger partial charge >= 0.3 is 9.92 Å². The Morgan fingerprint density at radius 3 is 2.60 bits per heavy atom. The van der Waals surface area contributed by atoms with Crippen molar-refractivity contribution in [3.8, 4) is 0 Å². The van der Waals surface area contributed by atoms with E-state index in [0.29, 0.717) is 0 Å². The Hall–Kier alpha value is -0.116. The quantitative estimate of drug-likeness (QED) is 0.319. The monoisotopic (exact) mass is 98.0 g/mol. The highest BCUT2D eigenvalue weighted by atomic mass is 28.3. The van der Waals surface area contributed by atoms with Crippen LogP contribution >= 0.6 is 0 Å². The largest absolute Gasteiger partial charge is 0.802 e. The van der Waals surface area contributed by atoms with Crippen molar-refractivity contribution in [2.24, 2.45) is 0 Å². The second-order valence-corrected chi connectivity index (χ2v) is 1.53. The van der Waals surface area contributed by atoms with E-state index in [1.54, 1.807) is 0 Å². The van der Waals surface area contributed by atoms with Crippen LogP contribution in [0.1, 0.15) is 0 Å². The Balaban J connectivity index is 2.48. The fraction of sp³-hybridized carbons (Fsp3) is 0. The van der Waals surface area contributed by atoms with Crippen molar-refractivity contribution in [3.05, 3.63) is 11.1 Å². The summed E-state index contributed by atoms with van der Waals surface area (Å²) in [5.74, 6) is 0. The lowest BCUT2D eigenvalue weighted by Gasteiger charge is -1.63. The van der Waals surface area contributed by atoms with Crippen LogP contribution in [0.2, 0.25) is 0 Å². The van der Waals surface area contributed by atoms with E-state index in [4.69, 9.17) is 6.57 Å². The highest BCUT2D eigenvalue weighted by Crippen LogP contribution is 1.53. The molecule has 0 N–H and O–H groups in total. The van der Waals surface area contributed by atoms with Crippen molar-refractivity contribution in [3.63, 3.8) is 0 Å². The zero-order valence-corrected chi connectivity index (χ0v) is 4.36. The number of hydrogen-bond acceptors (Lipinski definition) is 1. The van der Waals surface area contributed by atoms with Gasteiger partial charge in [-0.2, -0.15) is 0 Å². The second-order valence-electron chi connectivity index (χ2n) is 0.305. The molecule has 0 aromatic rings. The van der Waals surface area contributed by atoms with Crippen LogP contribution in [0.5, 0.6) is 0 Å². The fourth-order valence-corrected chi connectivity index (χ4v) is 0.205. The van der Waals surface area contributed by atoms with Crippen molar-refractivity contribution in [1.82, 2.24) is 0 Å². The first-order chi connectivity index (χ1) is 2.41. The molecule has 0 fully saturated rings. The third-order valence-electron chi connectivity index (χ3n) is 0.0913. The molecule has 0 saturated carbocycles. The molecule has 2 nitrogen and oxygen atoms in total. The van der Waals surface area contributed by atoms with E-state index in [1.165, 1.54) is 0 Å². The van der Waals surface area contributed by atoms with Gasteiger partial charge < -0.3 is 8.63 Å². The predicted octanol–water partition coefficient (Wildman–Crippen LogP) is -0.460. The molecule has 0 aromatic carbocycles. The predicted molar refractivity (Wildman–Crippen MR) is 19.2 cm³/mol. The molecular weight excluding hydrogens is 98.2 g/mol. The maximum absolute atomic E-state index is 6.08. The third kappa shape index (κ3) is 3.88. The first kappa shape index (κ1) is 4.88. The van der Waals surface area contributed by atoms with Gasteiger partial charge in [-0.15, -0.1) is 0 Å². The molecule has 0 aliphatic rings. The molecule has 0 aliphatic carbocycles. The topological polar surface area (TPSA) is 13.6 Å². The van der Waals surface area contributed by atoms with Crippen molar-refractivity contribution in [2.75, 3.05) is 0 Å². The van der Waals surface area contributed by atoms with E-state index in [9.17, 15) is 0 Å². The van der Waals surface area contributed by atoms with Gasteiger partial charge in [0.05, 0.1) is 0 Å². The molecule has 0 bridgehead atoms. The minimum atomic E-state index is -0.0972. The fourth-order valence-electron chi connectivity index (χ4n) is 0.0228. The van der Waals surface area contributed by atoms with Gasteiger partial charge in [0, 0.05) is 0 Å². The molecule has 0 saturated heterocycles. The average molecular weight is 98.2 g/mol. The smallest absolute Gasteiger partial charge is 0.389 e. The van der Waals surface area contributed by atoms with Crippen molar-refractivity contribution >= 4 is 20.4 Å². The molecule has 5 heavy (non-hydrogen) atoms. The molecular formula is CNOSi2. The Kier molecular flexibility index (Phi) is 3.79. The van der Waals surface area contributed by atoms with Crippen molar-refractivity contribution in [1.29, 1.82) is 0 Å². The second kappa shape index (κ2) is 3.88. The molecule has 0 aliphatic heterocycles. The Bertz CT molecular complexity index is 48.1. The Labute approximate surface area is 36.5 Å². The summed E-state index contributed by atoms with van der Waals surface area (Å²) in [6, 6.07) is 0. The molecule has 0 heterocycles. The van der Waals surface area contributed by atoms with E-state index < -0.39 is 0 Å². The van der Waals surface area contributed by atoms with Crippen molar-refractivity contribution in [2.45, 2.75) is 0 Å². The van der Waals surface area contributed by atoms with Crippen LogP contribution in [0.4, 0.5) is 0 Å². The molecule has 23 valence electrons. The summed E-state index contributed by atoms with van der Waals surface area (Å²) in [4.78, 5) is 0. The first-order valence-corrected chi connectivity index (χ1v) is 2.12. The van der Waals surface area contributed by atoms with Crippen molar-refractivity contribution < 1.29 is 4.12 Å². The zero-order valence-electron chi connectivity index (χ0n) is 2.36. The van der Waals surface area contributed by atoms with Gasteiger partial charge in [0.15, 0.2) is 0 Å². The molecule has 0 spiro atoms. The Morgan fingerprint density at radius 1 is 2.00 bits per heavy atom. The lowest BCUT2D eigenvalue weighted by Crippen LogP contribution is -1.83. The van der Waals surface area contributed by atoms with Gasteiger partial charge in [-0.25, -0.2) is 0 Å². The van der Waals surface area contributed by atoms with E-state index in [0.717, 1.165) is 0 Å². The summed E-state index contributed by atoms with van der Waals surface area (Å²) < 4.78 is 7.03. The summed E-state index contributed by atoms with van der Waals surface area (Å²) in [6.07, 6.45) is 0. The molecule has 0 unspecified atom stereocenters. The Morgan fingerprint density at radius 2 is 2.60 bits per heavy atom. The summed E-state index contributed by atoms with van der Waals surface area (Å²) in [6.45, 7) is 6.08. The van der Waals surface area contributed by atoms with Gasteiger partial charge in [0.2, 0.25) is 10.5 Å². The number of nitrogens with zero attached hydrogens (tertiary/aromatic N) is 1. The normalized spacial score (nSPS) is 6.40. The number of hydrogen-bond donors (Lipinski definition) is 0. The van der Waals surface area contributed by atoms with Gasteiger partial charge in [-0.05, 0) is 0 Å².